The molecule has 0 atom stereocenters. The number of benzene rings is 2. The van der Waals surface area contributed by atoms with Crippen molar-refractivity contribution in [2.75, 3.05) is 11.1 Å². The summed E-state index contributed by atoms with van der Waals surface area (Å²) in [5.74, 6) is -0.182. The van der Waals surface area contributed by atoms with Crippen molar-refractivity contribution in [2.45, 2.75) is 11.3 Å². The highest BCUT2D eigenvalue weighted by Gasteiger charge is 2.10. The molecule has 0 saturated carbocycles. The molecule has 7 N–H and O–H groups in total. The number of halogens is 1. The predicted molar refractivity (Wildman–Crippen MR) is 97.9 cm³/mol. The van der Waals surface area contributed by atoms with Crippen molar-refractivity contribution in [2.24, 2.45) is 10.9 Å². The van der Waals surface area contributed by atoms with Crippen molar-refractivity contribution in [3.63, 3.8) is 0 Å². The maximum absolute atomic E-state index is 12.2. The molecule has 2 aromatic carbocycles. The lowest BCUT2D eigenvalue weighted by Crippen LogP contribution is -2.15. The maximum atomic E-state index is 12.2. The van der Waals surface area contributed by atoms with E-state index in [0.717, 1.165) is 17.5 Å². The summed E-state index contributed by atoms with van der Waals surface area (Å²) < 4.78 is 0. The number of hydrogen-bond acceptors (Lipinski definition) is 5. The van der Waals surface area contributed by atoms with Crippen LogP contribution in [0.25, 0.3) is 6.08 Å². The van der Waals surface area contributed by atoms with Crippen LogP contribution in [0.3, 0.4) is 0 Å². The third-order valence-corrected chi connectivity index (χ3v) is 4.13. The van der Waals surface area contributed by atoms with Gasteiger partial charge in [-0.3, -0.25) is 9.93 Å². The first-order valence-corrected chi connectivity index (χ1v) is 8.02. The summed E-state index contributed by atoms with van der Waals surface area (Å²) >= 11 is 7.08. The molecule has 0 aliphatic heterocycles. The van der Waals surface area contributed by atoms with E-state index in [1.54, 1.807) is 24.3 Å². The molecule has 1 amide bonds. The Morgan fingerprint density at radius 3 is 2.70 bits per heavy atom. The smallest absolute Gasteiger partial charge is 0.228 e. The quantitative estimate of drug-likeness (QED) is 0.491. The van der Waals surface area contributed by atoms with Crippen molar-refractivity contribution in [3.8, 4) is 0 Å². The third-order valence-electron chi connectivity index (χ3n) is 3.17. The van der Waals surface area contributed by atoms with Crippen LogP contribution >= 0.6 is 23.5 Å². The summed E-state index contributed by atoms with van der Waals surface area (Å²) in [4.78, 5) is 12.9. The second kappa shape index (κ2) is 7.92. The molecule has 0 bridgehead atoms. The molecule has 0 fully saturated rings. The Bertz CT molecular complexity index is 749. The number of rotatable bonds is 5. The molecule has 0 spiro atoms. The van der Waals surface area contributed by atoms with Crippen molar-refractivity contribution in [3.05, 3.63) is 58.7 Å². The third kappa shape index (κ3) is 4.41. The Kier molecular flexibility index (Phi) is 5.92. The van der Waals surface area contributed by atoms with Gasteiger partial charge in [0.2, 0.25) is 5.91 Å². The first kappa shape index (κ1) is 17.2. The Hall–Kier alpha value is -2.15. The molecule has 2 rings (SSSR count). The van der Waals surface area contributed by atoms with Crippen LogP contribution in [0.15, 0.2) is 47.5 Å². The molecule has 2 aromatic rings. The van der Waals surface area contributed by atoms with Gasteiger partial charge in [-0.1, -0.05) is 29.8 Å². The minimum absolute atomic E-state index is 0.178. The zero-order chi connectivity index (χ0) is 16.8. The fraction of sp³-hybridized carbons (Fsp3) is 0.0625. The van der Waals surface area contributed by atoms with Crippen molar-refractivity contribution >= 4 is 46.9 Å². The van der Waals surface area contributed by atoms with Crippen LogP contribution in [0, 0.1) is 0 Å². The summed E-state index contributed by atoms with van der Waals surface area (Å²) in [6.07, 6.45) is 3.21. The van der Waals surface area contributed by atoms with Gasteiger partial charge < -0.3 is 16.8 Å². The molecule has 7 heteroatoms. The van der Waals surface area contributed by atoms with E-state index in [-0.39, 0.29) is 12.3 Å². The van der Waals surface area contributed by atoms with Crippen LogP contribution in [0.2, 0.25) is 5.02 Å². The van der Waals surface area contributed by atoms with E-state index in [1.165, 1.54) is 6.20 Å². The molecule has 0 aromatic heterocycles. The van der Waals surface area contributed by atoms with E-state index >= 15 is 0 Å². The van der Waals surface area contributed by atoms with Crippen LogP contribution in [-0.2, 0) is 11.2 Å². The highest BCUT2D eigenvalue weighted by molar-refractivity contribution is 7.97. The van der Waals surface area contributed by atoms with Crippen LogP contribution in [-0.4, -0.2) is 5.91 Å². The average Bonchev–Trinajstić information content (AvgIpc) is 2.52. The zero-order valence-corrected chi connectivity index (χ0v) is 13.8. The molecular weight excluding hydrogens is 332 g/mol. The van der Waals surface area contributed by atoms with Gasteiger partial charge in [0.25, 0.3) is 0 Å². The monoisotopic (exact) mass is 348 g/mol. The molecule has 0 aliphatic rings. The number of hydrogen-bond donors (Lipinski definition) is 4. The highest BCUT2D eigenvalue weighted by atomic mass is 35.5. The van der Waals surface area contributed by atoms with Gasteiger partial charge in [0.15, 0.2) is 0 Å². The number of nitrogens with one attached hydrogen (secondary N) is 1. The van der Waals surface area contributed by atoms with Crippen LogP contribution in [0.1, 0.15) is 11.1 Å². The van der Waals surface area contributed by atoms with Gasteiger partial charge in [0, 0.05) is 21.2 Å². The van der Waals surface area contributed by atoms with Crippen molar-refractivity contribution < 1.29 is 4.79 Å². The number of amides is 1. The number of anilines is 2. The van der Waals surface area contributed by atoms with Gasteiger partial charge in [0.1, 0.15) is 0 Å². The fourth-order valence-electron chi connectivity index (χ4n) is 2.08. The van der Waals surface area contributed by atoms with Gasteiger partial charge in [-0.15, -0.1) is 0 Å². The largest absolute Gasteiger partial charge is 0.405 e. The Balaban J connectivity index is 2.20. The number of nitrogens with two attached hydrogens (primary N) is 3. The zero-order valence-electron chi connectivity index (χ0n) is 12.3. The maximum Gasteiger partial charge on any atom is 0.228 e. The predicted octanol–water partition coefficient (Wildman–Crippen LogP) is 3.00. The lowest BCUT2D eigenvalue weighted by molar-refractivity contribution is -0.115. The van der Waals surface area contributed by atoms with Gasteiger partial charge in [-0.25, -0.2) is 0 Å². The van der Waals surface area contributed by atoms with E-state index in [1.807, 2.05) is 18.2 Å². The molecule has 120 valence electrons. The van der Waals surface area contributed by atoms with Crippen LogP contribution in [0.5, 0.6) is 0 Å². The minimum Gasteiger partial charge on any atom is -0.405 e. The normalized spacial score (nSPS) is 10.9. The Labute approximate surface area is 144 Å². The Morgan fingerprint density at radius 1 is 1.30 bits per heavy atom. The summed E-state index contributed by atoms with van der Waals surface area (Å²) in [5.41, 5.74) is 14.0. The first-order valence-electron chi connectivity index (χ1n) is 6.77. The fourth-order valence-corrected chi connectivity index (χ4v) is 2.72. The topological polar surface area (TPSA) is 107 Å². The summed E-state index contributed by atoms with van der Waals surface area (Å²) in [5, 5.41) is 8.99. The molecule has 0 aliphatic carbocycles. The highest BCUT2D eigenvalue weighted by Crippen LogP contribution is 2.30. The summed E-state index contributed by atoms with van der Waals surface area (Å²) in [6.45, 7) is 0. The second-order valence-corrected chi connectivity index (χ2v) is 5.85. The van der Waals surface area contributed by atoms with Gasteiger partial charge in [-0.05, 0) is 48.0 Å². The molecule has 0 saturated heterocycles. The number of nitrogen functional groups attached to an aromatic ring is 1. The van der Waals surface area contributed by atoms with E-state index in [4.69, 9.17) is 28.2 Å². The van der Waals surface area contributed by atoms with Crippen molar-refractivity contribution in [1.82, 2.24) is 0 Å². The Morgan fingerprint density at radius 2 is 2.04 bits per heavy atom. The van der Waals surface area contributed by atoms with E-state index in [9.17, 15) is 4.79 Å². The first-order chi connectivity index (χ1) is 11.0. The SMILES string of the molecule is N/C=C\c1cc(NC(=O)Cc2ccccc2Cl)cc(SN)c1N. The summed E-state index contributed by atoms with van der Waals surface area (Å²) in [7, 11) is 0. The molecule has 23 heavy (non-hydrogen) atoms. The molecular formula is C16H17ClN4OS. The molecule has 0 radical (unpaired) electrons. The number of carbonyl (C=O) groups is 1. The molecule has 0 unspecified atom stereocenters. The van der Waals surface area contributed by atoms with Gasteiger partial charge in [0.05, 0.1) is 12.1 Å². The van der Waals surface area contributed by atoms with E-state index < -0.39 is 0 Å². The van der Waals surface area contributed by atoms with Crippen LogP contribution in [0.4, 0.5) is 11.4 Å². The van der Waals surface area contributed by atoms with E-state index in [2.05, 4.69) is 5.32 Å². The van der Waals surface area contributed by atoms with E-state index in [0.29, 0.717) is 26.9 Å². The minimum atomic E-state index is -0.182. The van der Waals surface area contributed by atoms with Crippen LogP contribution < -0.4 is 21.9 Å². The number of carbonyl (C=O) groups excluding carboxylic acids is 1. The lowest BCUT2D eigenvalue weighted by atomic mass is 10.1. The van der Waals surface area contributed by atoms with Gasteiger partial charge in [-0.2, -0.15) is 0 Å². The van der Waals surface area contributed by atoms with Crippen molar-refractivity contribution in [1.29, 1.82) is 0 Å². The average molecular weight is 349 g/mol. The molecule has 0 heterocycles. The lowest BCUT2D eigenvalue weighted by Gasteiger charge is -2.12. The standard InChI is InChI=1S/C16H17ClN4OS/c17-13-4-2-1-3-10(13)8-15(22)21-12-7-11(5-6-18)16(19)14(9-12)23-20/h1-7,9H,8,18-20H2,(H,21,22)/b6-5-. The summed E-state index contributed by atoms with van der Waals surface area (Å²) in [6, 6.07) is 10.7. The molecule has 5 nitrogen and oxygen atoms in total. The van der Waals surface area contributed by atoms with Gasteiger partial charge >= 0.3 is 0 Å². The second-order valence-electron chi connectivity index (χ2n) is 4.77.